The summed E-state index contributed by atoms with van der Waals surface area (Å²) in [6.45, 7) is 6.27. The Hall–Kier alpha value is -1.88. The highest BCUT2D eigenvalue weighted by Crippen LogP contribution is 2.18. The van der Waals surface area contributed by atoms with Crippen molar-refractivity contribution in [2.24, 2.45) is 0 Å². The highest BCUT2D eigenvalue weighted by atomic mass is 19.1. The minimum atomic E-state index is -0.401. The van der Waals surface area contributed by atoms with E-state index in [2.05, 4.69) is 11.9 Å². The SMILES string of the molecule is C=CCNC(=O)C(C)N(C)Cc1ccc(OC)c(F)c1. The average Bonchev–Trinajstić information content (AvgIpc) is 2.44. The monoisotopic (exact) mass is 280 g/mol. The number of benzene rings is 1. The van der Waals surface area contributed by atoms with E-state index in [0.29, 0.717) is 13.1 Å². The maximum atomic E-state index is 13.6. The number of ether oxygens (including phenoxy) is 1. The van der Waals surface area contributed by atoms with Crippen molar-refractivity contribution < 1.29 is 13.9 Å². The van der Waals surface area contributed by atoms with Gasteiger partial charge in [0.1, 0.15) is 0 Å². The first-order valence-corrected chi connectivity index (χ1v) is 6.40. The zero-order chi connectivity index (χ0) is 15.1. The molecule has 0 aromatic heterocycles. The van der Waals surface area contributed by atoms with Crippen molar-refractivity contribution in [1.82, 2.24) is 10.2 Å². The van der Waals surface area contributed by atoms with Crippen LogP contribution in [-0.4, -0.2) is 37.6 Å². The van der Waals surface area contributed by atoms with Gasteiger partial charge in [-0.25, -0.2) is 4.39 Å². The number of carbonyl (C=O) groups is 1. The Bertz CT molecular complexity index is 477. The van der Waals surface area contributed by atoms with E-state index in [1.54, 1.807) is 25.1 Å². The Morgan fingerprint density at radius 3 is 2.85 bits per heavy atom. The van der Waals surface area contributed by atoms with E-state index in [9.17, 15) is 9.18 Å². The molecule has 0 aliphatic rings. The summed E-state index contributed by atoms with van der Waals surface area (Å²) in [6, 6.07) is 4.48. The third kappa shape index (κ3) is 4.35. The Labute approximate surface area is 119 Å². The van der Waals surface area contributed by atoms with Crippen LogP contribution in [0.3, 0.4) is 0 Å². The average molecular weight is 280 g/mol. The van der Waals surface area contributed by atoms with Gasteiger partial charge in [0.2, 0.25) is 5.91 Å². The summed E-state index contributed by atoms with van der Waals surface area (Å²) < 4.78 is 18.5. The van der Waals surface area contributed by atoms with Gasteiger partial charge in [0.15, 0.2) is 11.6 Å². The molecule has 0 spiro atoms. The number of likely N-dealkylation sites (N-methyl/N-ethyl adjacent to an activating group) is 1. The number of halogens is 1. The number of hydrogen-bond acceptors (Lipinski definition) is 3. The molecule has 1 N–H and O–H groups in total. The fourth-order valence-corrected chi connectivity index (χ4v) is 1.75. The topological polar surface area (TPSA) is 41.6 Å². The lowest BCUT2D eigenvalue weighted by molar-refractivity contribution is -0.125. The molecule has 0 heterocycles. The van der Waals surface area contributed by atoms with Crippen molar-refractivity contribution in [1.29, 1.82) is 0 Å². The second kappa shape index (κ2) is 7.65. The second-order valence-electron chi connectivity index (χ2n) is 4.59. The number of carbonyl (C=O) groups excluding carboxylic acids is 1. The zero-order valence-corrected chi connectivity index (χ0v) is 12.1. The van der Waals surface area contributed by atoms with E-state index in [-0.39, 0.29) is 17.7 Å². The third-order valence-electron chi connectivity index (χ3n) is 3.11. The highest BCUT2D eigenvalue weighted by Gasteiger charge is 2.17. The fraction of sp³-hybridized carbons (Fsp3) is 0.400. The molecule has 0 saturated heterocycles. The van der Waals surface area contributed by atoms with Crippen LogP contribution in [0.4, 0.5) is 4.39 Å². The molecule has 1 aromatic carbocycles. The van der Waals surface area contributed by atoms with Crippen LogP contribution >= 0.6 is 0 Å². The molecule has 20 heavy (non-hydrogen) atoms. The van der Waals surface area contributed by atoms with Crippen molar-refractivity contribution >= 4 is 5.91 Å². The maximum absolute atomic E-state index is 13.6. The van der Waals surface area contributed by atoms with Crippen molar-refractivity contribution in [2.75, 3.05) is 20.7 Å². The van der Waals surface area contributed by atoms with Crippen LogP contribution in [0.1, 0.15) is 12.5 Å². The van der Waals surface area contributed by atoms with Crippen LogP contribution in [0.15, 0.2) is 30.9 Å². The lowest BCUT2D eigenvalue weighted by Crippen LogP contribution is -2.42. The Balaban J connectivity index is 2.65. The number of nitrogens with one attached hydrogen (secondary N) is 1. The first-order valence-electron chi connectivity index (χ1n) is 6.40. The number of amides is 1. The molecule has 1 rings (SSSR count). The third-order valence-corrected chi connectivity index (χ3v) is 3.11. The van der Waals surface area contributed by atoms with Crippen LogP contribution in [0.25, 0.3) is 0 Å². The summed E-state index contributed by atoms with van der Waals surface area (Å²) in [4.78, 5) is 13.7. The molecule has 4 nitrogen and oxygen atoms in total. The quantitative estimate of drug-likeness (QED) is 0.776. The summed E-state index contributed by atoms with van der Waals surface area (Å²) in [7, 11) is 3.25. The minimum Gasteiger partial charge on any atom is -0.494 e. The number of hydrogen-bond donors (Lipinski definition) is 1. The molecule has 1 amide bonds. The molecule has 0 saturated carbocycles. The molecule has 0 aliphatic carbocycles. The standard InChI is InChI=1S/C15H21FN2O2/c1-5-8-17-15(19)11(2)18(3)10-12-6-7-14(20-4)13(16)9-12/h5-7,9,11H,1,8,10H2,2-4H3,(H,17,19). The van der Waals surface area contributed by atoms with Gasteiger partial charge in [-0.15, -0.1) is 6.58 Å². The van der Waals surface area contributed by atoms with Gasteiger partial charge >= 0.3 is 0 Å². The van der Waals surface area contributed by atoms with E-state index in [1.807, 2.05) is 11.9 Å². The first-order chi connectivity index (χ1) is 9.49. The van der Waals surface area contributed by atoms with Gasteiger partial charge in [0, 0.05) is 13.1 Å². The van der Waals surface area contributed by atoms with Gasteiger partial charge in [-0.2, -0.15) is 0 Å². The van der Waals surface area contributed by atoms with E-state index < -0.39 is 5.82 Å². The van der Waals surface area contributed by atoms with Crippen LogP contribution < -0.4 is 10.1 Å². The fourth-order valence-electron chi connectivity index (χ4n) is 1.75. The van der Waals surface area contributed by atoms with Gasteiger partial charge in [0.25, 0.3) is 0 Å². The molecule has 0 bridgehead atoms. The van der Waals surface area contributed by atoms with Gasteiger partial charge in [-0.3, -0.25) is 9.69 Å². The summed E-state index contributed by atoms with van der Waals surface area (Å²) in [5.74, 6) is -0.267. The van der Waals surface area contributed by atoms with E-state index in [4.69, 9.17) is 4.74 Å². The number of nitrogens with zero attached hydrogens (tertiary/aromatic N) is 1. The van der Waals surface area contributed by atoms with Crippen molar-refractivity contribution in [3.8, 4) is 5.75 Å². The molecule has 1 unspecified atom stereocenters. The first kappa shape index (κ1) is 16.2. The molecular weight excluding hydrogens is 259 g/mol. The Morgan fingerprint density at radius 2 is 2.30 bits per heavy atom. The molecule has 0 fully saturated rings. The Morgan fingerprint density at radius 1 is 1.60 bits per heavy atom. The maximum Gasteiger partial charge on any atom is 0.237 e. The Kier molecular flexibility index (Phi) is 6.18. The van der Waals surface area contributed by atoms with Crippen LogP contribution in [0, 0.1) is 5.82 Å². The van der Waals surface area contributed by atoms with Crippen LogP contribution in [-0.2, 0) is 11.3 Å². The van der Waals surface area contributed by atoms with Gasteiger partial charge in [0.05, 0.1) is 13.2 Å². The van der Waals surface area contributed by atoms with E-state index >= 15 is 0 Å². The largest absolute Gasteiger partial charge is 0.494 e. The zero-order valence-electron chi connectivity index (χ0n) is 12.1. The summed E-state index contributed by atoms with van der Waals surface area (Å²) in [5, 5.41) is 2.74. The summed E-state index contributed by atoms with van der Waals surface area (Å²) in [5.41, 5.74) is 0.786. The molecule has 1 atom stereocenters. The van der Waals surface area contributed by atoms with E-state index in [0.717, 1.165) is 5.56 Å². The second-order valence-corrected chi connectivity index (χ2v) is 4.59. The van der Waals surface area contributed by atoms with Crippen molar-refractivity contribution in [3.05, 3.63) is 42.2 Å². The molecule has 1 aromatic rings. The molecule has 0 aliphatic heterocycles. The predicted molar refractivity (Wildman–Crippen MR) is 77.1 cm³/mol. The van der Waals surface area contributed by atoms with Crippen molar-refractivity contribution in [3.63, 3.8) is 0 Å². The predicted octanol–water partition coefficient (Wildman–Crippen LogP) is 1.96. The normalized spacial score (nSPS) is 12.1. The summed E-state index contributed by atoms with van der Waals surface area (Å²) in [6.07, 6.45) is 1.63. The molecule has 110 valence electrons. The van der Waals surface area contributed by atoms with Gasteiger partial charge in [-0.1, -0.05) is 12.1 Å². The number of methoxy groups -OCH3 is 1. The van der Waals surface area contributed by atoms with Gasteiger partial charge < -0.3 is 10.1 Å². The molecule has 5 heteroatoms. The van der Waals surface area contributed by atoms with E-state index in [1.165, 1.54) is 13.2 Å². The van der Waals surface area contributed by atoms with Crippen LogP contribution in [0.5, 0.6) is 5.75 Å². The number of rotatable bonds is 7. The molecular formula is C15H21FN2O2. The van der Waals surface area contributed by atoms with Crippen molar-refractivity contribution in [2.45, 2.75) is 19.5 Å². The van der Waals surface area contributed by atoms with Crippen LogP contribution in [0.2, 0.25) is 0 Å². The van der Waals surface area contributed by atoms with Gasteiger partial charge in [-0.05, 0) is 31.7 Å². The summed E-state index contributed by atoms with van der Waals surface area (Å²) >= 11 is 0. The smallest absolute Gasteiger partial charge is 0.237 e. The molecule has 0 radical (unpaired) electrons. The lowest BCUT2D eigenvalue weighted by Gasteiger charge is -2.23. The highest BCUT2D eigenvalue weighted by molar-refractivity contribution is 5.81. The minimum absolute atomic E-state index is 0.0821. The lowest BCUT2D eigenvalue weighted by atomic mass is 10.1.